The van der Waals surface area contributed by atoms with Gasteiger partial charge in [0, 0.05) is 42.1 Å². The predicted octanol–water partition coefficient (Wildman–Crippen LogP) is 1.63. The van der Waals surface area contributed by atoms with E-state index < -0.39 is 7.12 Å². The van der Waals surface area contributed by atoms with Crippen molar-refractivity contribution in [1.82, 2.24) is 14.3 Å². The van der Waals surface area contributed by atoms with Gasteiger partial charge in [0.15, 0.2) is 0 Å². The third-order valence-electron chi connectivity index (χ3n) is 5.71. The van der Waals surface area contributed by atoms with Gasteiger partial charge in [-0.1, -0.05) is 18.9 Å². The summed E-state index contributed by atoms with van der Waals surface area (Å²) in [4.78, 5) is 7.58. The van der Waals surface area contributed by atoms with Gasteiger partial charge in [0.2, 0.25) is 0 Å². The predicted molar refractivity (Wildman–Crippen MR) is 92.5 cm³/mol. The molecule has 23 heavy (non-hydrogen) atoms. The maximum absolute atomic E-state index is 10.4. The third-order valence-corrected chi connectivity index (χ3v) is 6.65. The van der Waals surface area contributed by atoms with Crippen LogP contribution in [0.3, 0.4) is 0 Å². The zero-order chi connectivity index (χ0) is 15.7. The topological polar surface area (TPSA) is 61.4 Å². The summed E-state index contributed by atoms with van der Waals surface area (Å²) in [5, 5.41) is 11.5. The van der Waals surface area contributed by atoms with Crippen molar-refractivity contribution in [2.45, 2.75) is 31.8 Å². The molecule has 2 aromatic rings. The third kappa shape index (κ3) is 1.91. The molecule has 0 radical (unpaired) electrons. The molecule has 1 saturated heterocycles. The summed E-state index contributed by atoms with van der Waals surface area (Å²) >= 11 is 1.94. The van der Waals surface area contributed by atoms with Crippen molar-refractivity contribution >= 4 is 35.6 Å². The van der Waals surface area contributed by atoms with Crippen LogP contribution in [-0.4, -0.2) is 45.3 Å². The first-order valence-corrected chi connectivity index (χ1v) is 9.29. The SMILES string of the molecule is CCSN1CCC2(C1)CC1(C2)OB(O)c2cnc3[nH]ccc3c21. The summed E-state index contributed by atoms with van der Waals surface area (Å²) in [6.07, 6.45) is 6.94. The molecule has 0 unspecified atom stereocenters. The molecule has 5 nitrogen and oxygen atoms in total. The Morgan fingerprint density at radius 3 is 3.22 bits per heavy atom. The Kier molecular flexibility index (Phi) is 2.96. The Bertz CT molecular complexity index is 774. The molecule has 0 amide bonds. The Morgan fingerprint density at radius 2 is 2.39 bits per heavy atom. The van der Waals surface area contributed by atoms with Crippen LogP contribution in [0.5, 0.6) is 0 Å². The standard InChI is InChI=1S/C16H20BN3O2S/c1-2-23-20-6-4-15(10-20)8-16(9-15)13-11-3-5-18-14(11)19-7-12(13)17(21)22-16/h3,5,7,21H,2,4,6,8-10H2,1H3,(H,18,19). The van der Waals surface area contributed by atoms with Crippen LogP contribution in [0.15, 0.2) is 18.5 Å². The van der Waals surface area contributed by atoms with Crippen molar-refractivity contribution in [3.63, 3.8) is 0 Å². The fourth-order valence-electron chi connectivity index (χ4n) is 4.95. The van der Waals surface area contributed by atoms with E-state index in [-0.39, 0.29) is 5.60 Å². The summed E-state index contributed by atoms with van der Waals surface area (Å²) in [6.45, 7) is 4.52. The first-order chi connectivity index (χ1) is 11.1. The molecule has 3 aliphatic rings. The zero-order valence-electron chi connectivity index (χ0n) is 13.2. The molecule has 2 aromatic heterocycles. The van der Waals surface area contributed by atoms with Gasteiger partial charge in [-0.05, 0) is 36.3 Å². The average Bonchev–Trinajstić information content (AvgIpc) is 3.17. The maximum Gasteiger partial charge on any atom is 0.493 e. The minimum absolute atomic E-state index is 0.314. The second kappa shape index (κ2) is 4.75. The maximum atomic E-state index is 10.4. The number of hydrogen-bond donors (Lipinski definition) is 2. The zero-order valence-corrected chi connectivity index (χ0v) is 14.0. The largest absolute Gasteiger partial charge is 0.493 e. The lowest BCUT2D eigenvalue weighted by Crippen LogP contribution is -2.51. The lowest BCUT2D eigenvalue weighted by Gasteiger charge is -2.53. The van der Waals surface area contributed by atoms with Crippen molar-refractivity contribution in [2.75, 3.05) is 18.8 Å². The van der Waals surface area contributed by atoms with Crippen LogP contribution in [0.4, 0.5) is 0 Å². The van der Waals surface area contributed by atoms with Crippen LogP contribution in [0, 0.1) is 5.41 Å². The van der Waals surface area contributed by atoms with Crippen molar-refractivity contribution in [2.24, 2.45) is 5.41 Å². The van der Waals surface area contributed by atoms with Gasteiger partial charge < -0.3 is 14.7 Å². The summed E-state index contributed by atoms with van der Waals surface area (Å²) in [5.41, 5.74) is 2.95. The van der Waals surface area contributed by atoms with Crippen LogP contribution in [0.25, 0.3) is 11.0 Å². The Hall–Kier alpha value is -1.02. The molecule has 0 aromatic carbocycles. The van der Waals surface area contributed by atoms with E-state index >= 15 is 0 Å². The summed E-state index contributed by atoms with van der Waals surface area (Å²) in [5.74, 6) is 1.13. The highest BCUT2D eigenvalue weighted by Gasteiger charge is 2.63. The molecular formula is C16H20BN3O2S. The lowest BCUT2D eigenvalue weighted by atomic mass is 9.56. The number of fused-ring (bicyclic) bond motifs is 4. The molecule has 0 bridgehead atoms. The lowest BCUT2D eigenvalue weighted by molar-refractivity contribution is -0.108. The van der Waals surface area contributed by atoms with Crippen LogP contribution in [-0.2, 0) is 10.3 Å². The number of rotatable bonds is 2. The quantitative estimate of drug-likeness (QED) is 0.648. The molecule has 0 atom stereocenters. The molecule has 2 aliphatic heterocycles. The summed E-state index contributed by atoms with van der Waals surface area (Å²) in [6, 6.07) is 2.06. The van der Waals surface area contributed by atoms with Gasteiger partial charge in [-0.3, -0.25) is 4.31 Å². The molecule has 5 rings (SSSR count). The molecule has 2 fully saturated rings. The first-order valence-electron chi connectivity index (χ1n) is 8.35. The van der Waals surface area contributed by atoms with E-state index in [1.165, 1.54) is 18.5 Å². The van der Waals surface area contributed by atoms with Crippen LogP contribution in [0.2, 0.25) is 0 Å². The summed E-state index contributed by atoms with van der Waals surface area (Å²) in [7, 11) is -0.836. The van der Waals surface area contributed by atoms with Gasteiger partial charge in [-0.25, -0.2) is 4.98 Å². The molecule has 1 saturated carbocycles. The van der Waals surface area contributed by atoms with E-state index in [0.717, 1.165) is 41.6 Å². The smallest absolute Gasteiger partial charge is 0.423 e. The van der Waals surface area contributed by atoms with E-state index in [1.807, 2.05) is 18.1 Å². The average molecular weight is 329 g/mol. The number of nitrogens with one attached hydrogen (secondary N) is 1. The molecule has 7 heteroatoms. The fourth-order valence-corrected chi connectivity index (χ4v) is 5.90. The highest BCUT2D eigenvalue weighted by molar-refractivity contribution is 7.96. The Labute approximate surface area is 140 Å². The monoisotopic (exact) mass is 329 g/mol. The number of pyridine rings is 1. The minimum atomic E-state index is -0.836. The molecule has 2 N–H and O–H groups in total. The fraction of sp³-hybridized carbons (Fsp3) is 0.562. The van der Waals surface area contributed by atoms with E-state index in [9.17, 15) is 5.02 Å². The molecule has 120 valence electrons. The van der Waals surface area contributed by atoms with E-state index in [4.69, 9.17) is 4.65 Å². The van der Waals surface area contributed by atoms with Gasteiger partial charge in [0.1, 0.15) is 5.65 Å². The molecular weight excluding hydrogens is 309 g/mol. The highest BCUT2D eigenvalue weighted by Crippen LogP contribution is 2.62. The minimum Gasteiger partial charge on any atom is -0.423 e. The van der Waals surface area contributed by atoms with E-state index in [1.54, 1.807) is 6.20 Å². The number of hydrogen-bond acceptors (Lipinski definition) is 5. The highest BCUT2D eigenvalue weighted by atomic mass is 32.2. The van der Waals surface area contributed by atoms with Gasteiger partial charge in [-0.15, -0.1) is 0 Å². The van der Waals surface area contributed by atoms with Crippen LogP contribution >= 0.6 is 11.9 Å². The van der Waals surface area contributed by atoms with Gasteiger partial charge in [0.05, 0.1) is 5.60 Å². The second-order valence-electron chi connectivity index (χ2n) is 7.18. The van der Waals surface area contributed by atoms with E-state index in [0.29, 0.717) is 5.41 Å². The van der Waals surface area contributed by atoms with Gasteiger partial charge in [0.25, 0.3) is 0 Å². The van der Waals surface area contributed by atoms with Crippen LogP contribution < -0.4 is 5.46 Å². The Balaban J connectivity index is 1.50. The van der Waals surface area contributed by atoms with Gasteiger partial charge in [-0.2, -0.15) is 0 Å². The van der Waals surface area contributed by atoms with Crippen molar-refractivity contribution in [3.8, 4) is 0 Å². The van der Waals surface area contributed by atoms with E-state index in [2.05, 4.69) is 27.3 Å². The Morgan fingerprint density at radius 1 is 1.52 bits per heavy atom. The molecule has 4 heterocycles. The first kappa shape index (κ1) is 14.3. The number of aromatic amines is 1. The number of nitrogens with zero attached hydrogens (tertiary/aromatic N) is 2. The van der Waals surface area contributed by atoms with Crippen LogP contribution in [0.1, 0.15) is 31.7 Å². The van der Waals surface area contributed by atoms with Gasteiger partial charge >= 0.3 is 7.12 Å². The van der Waals surface area contributed by atoms with Crippen molar-refractivity contribution < 1.29 is 9.68 Å². The normalized spacial score (nSPS) is 33.0. The second-order valence-corrected chi connectivity index (χ2v) is 8.53. The van der Waals surface area contributed by atoms with Crippen molar-refractivity contribution in [1.29, 1.82) is 0 Å². The number of aromatic nitrogens is 2. The summed E-state index contributed by atoms with van der Waals surface area (Å²) < 4.78 is 8.59. The molecule has 1 aliphatic carbocycles. The number of H-pyrrole nitrogens is 1. The molecule has 2 spiro atoms. The van der Waals surface area contributed by atoms with Crippen molar-refractivity contribution in [3.05, 3.63) is 24.0 Å².